The van der Waals surface area contributed by atoms with Gasteiger partial charge in [-0.3, -0.25) is 0 Å². The second-order valence-electron chi connectivity index (χ2n) is 4.69. The van der Waals surface area contributed by atoms with E-state index < -0.39 is 29.5 Å². The lowest BCUT2D eigenvalue weighted by Gasteiger charge is -2.18. The van der Waals surface area contributed by atoms with Gasteiger partial charge in [-0.05, 0) is 30.2 Å². The molecule has 2 rings (SSSR count). The van der Waals surface area contributed by atoms with Crippen LogP contribution >= 0.6 is 0 Å². The molecule has 0 aliphatic heterocycles. The molecule has 1 aromatic rings. The number of hydrogen-bond donors (Lipinski definition) is 1. The highest BCUT2D eigenvalue weighted by Crippen LogP contribution is 2.61. The molecule has 0 heterocycles. The van der Waals surface area contributed by atoms with Crippen molar-refractivity contribution in [1.29, 1.82) is 0 Å². The average molecular weight is 265 g/mol. The molecular weight excluding hydrogens is 253 g/mol. The molecule has 1 fully saturated rings. The van der Waals surface area contributed by atoms with Gasteiger partial charge < -0.3 is 5.73 Å². The number of hydrogen-bond acceptors (Lipinski definition) is 1. The molecule has 1 atom stereocenters. The number of alkyl halides is 5. The summed E-state index contributed by atoms with van der Waals surface area (Å²) in [6.07, 6.45) is -4.87. The first-order chi connectivity index (χ1) is 8.14. The summed E-state index contributed by atoms with van der Waals surface area (Å²) in [4.78, 5) is 0. The lowest BCUT2D eigenvalue weighted by molar-refractivity contribution is -0.137. The first-order valence-corrected chi connectivity index (χ1v) is 5.40. The standard InChI is InChI=1S/C12H12F5N/c1-7-4-8(12(15,16)17)2-3-9(7)10(6-18)5-11(10,13)14/h2-4H,5-6,18H2,1H3. The average Bonchev–Trinajstić information content (AvgIpc) is 2.80. The van der Waals surface area contributed by atoms with Crippen LogP contribution < -0.4 is 5.73 Å². The molecule has 0 spiro atoms. The van der Waals surface area contributed by atoms with E-state index in [1.165, 1.54) is 6.92 Å². The van der Waals surface area contributed by atoms with Crippen LogP contribution in [0.1, 0.15) is 23.1 Å². The number of rotatable bonds is 2. The maximum atomic E-state index is 13.3. The van der Waals surface area contributed by atoms with E-state index in [1.54, 1.807) is 0 Å². The van der Waals surface area contributed by atoms with Gasteiger partial charge in [-0.1, -0.05) is 6.07 Å². The molecule has 18 heavy (non-hydrogen) atoms. The Morgan fingerprint density at radius 1 is 1.28 bits per heavy atom. The predicted molar refractivity (Wildman–Crippen MR) is 56.5 cm³/mol. The fraction of sp³-hybridized carbons (Fsp3) is 0.500. The van der Waals surface area contributed by atoms with Crippen molar-refractivity contribution in [3.63, 3.8) is 0 Å². The first-order valence-electron chi connectivity index (χ1n) is 5.40. The highest BCUT2D eigenvalue weighted by Gasteiger charge is 2.71. The van der Waals surface area contributed by atoms with E-state index in [-0.39, 0.29) is 17.7 Å². The second-order valence-corrected chi connectivity index (χ2v) is 4.69. The van der Waals surface area contributed by atoms with Crippen LogP contribution in [-0.4, -0.2) is 12.5 Å². The van der Waals surface area contributed by atoms with Crippen LogP contribution in [0.25, 0.3) is 0 Å². The third kappa shape index (κ3) is 1.79. The van der Waals surface area contributed by atoms with Crippen molar-refractivity contribution in [1.82, 2.24) is 0 Å². The molecule has 0 bridgehead atoms. The summed E-state index contributed by atoms with van der Waals surface area (Å²) >= 11 is 0. The molecule has 1 aromatic carbocycles. The first kappa shape index (κ1) is 13.3. The molecule has 1 aliphatic rings. The Morgan fingerprint density at radius 3 is 2.17 bits per heavy atom. The minimum absolute atomic E-state index is 0.201. The Bertz CT molecular complexity index is 480. The topological polar surface area (TPSA) is 26.0 Å². The van der Waals surface area contributed by atoms with Gasteiger partial charge in [-0.2, -0.15) is 13.2 Å². The zero-order valence-electron chi connectivity index (χ0n) is 9.61. The van der Waals surface area contributed by atoms with Crippen LogP contribution in [0.3, 0.4) is 0 Å². The van der Waals surface area contributed by atoms with Crippen molar-refractivity contribution < 1.29 is 22.0 Å². The Balaban J connectivity index is 2.44. The second kappa shape index (κ2) is 3.66. The van der Waals surface area contributed by atoms with Gasteiger partial charge in [0.25, 0.3) is 5.92 Å². The van der Waals surface area contributed by atoms with E-state index in [9.17, 15) is 22.0 Å². The zero-order valence-corrected chi connectivity index (χ0v) is 9.61. The SMILES string of the molecule is Cc1cc(C(F)(F)F)ccc1C1(CN)CC1(F)F. The summed E-state index contributed by atoms with van der Waals surface area (Å²) in [5.74, 6) is -2.92. The molecule has 6 heteroatoms. The van der Waals surface area contributed by atoms with Gasteiger partial charge in [-0.15, -0.1) is 0 Å². The maximum Gasteiger partial charge on any atom is 0.416 e. The van der Waals surface area contributed by atoms with E-state index in [4.69, 9.17) is 5.73 Å². The zero-order chi connectivity index (χ0) is 13.8. The van der Waals surface area contributed by atoms with Gasteiger partial charge in [-0.25, -0.2) is 8.78 Å². The third-order valence-corrected chi connectivity index (χ3v) is 3.52. The van der Waals surface area contributed by atoms with Crippen molar-refractivity contribution in [2.75, 3.05) is 6.54 Å². The van der Waals surface area contributed by atoms with E-state index >= 15 is 0 Å². The molecule has 0 amide bonds. The van der Waals surface area contributed by atoms with Crippen molar-refractivity contribution in [2.24, 2.45) is 5.73 Å². The van der Waals surface area contributed by atoms with E-state index in [1.807, 2.05) is 0 Å². The fourth-order valence-corrected chi connectivity index (χ4v) is 2.34. The highest BCUT2D eigenvalue weighted by atomic mass is 19.4. The van der Waals surface area contributed by atoms with Gasteiger partial charge in [0.1, 0.15) is 0 Å². The third-order valence-electron chi connectivity index (χ3n) is 3.52. The molecule has 1 aliphatic carbocycles. The largest absolute Gasteiger partial charge is 0.416 e. The van der Waals surface area contributed by atoms with Gasteiger partial charge in [0.05, 0.1) is 11.0 Å². The minimum Gasteiger partial charge on any atom is -0.329 e. The van der Waals surface area contributed by atoms with Crippen molar-refractivity contribution >= 4 is 0 Å². The van der Waals surface area contributed by atoms with Crippen LogP contribution in [0.5, 0.6) is 0 Å². The van der Waals surface area contributed by atoms with Crippen molar-refractivity contribution in [3.05, 3.63) is 34.9 Å². The molecule has 100 valence electrons. The summed E-state index contributed by atoms with van der Waals surface area (Å²) in [7, 11) is 0. The van der Waals surface area contributed by atoms with Crippen molar-refractivity contribution in [3.8, 4) is 0 Å². The van der Waals surface area contributed by atoms with Crippen LogP contribution in [0.4, 0.5) is 22.0 Å². The minimum atomic E-state index is -4.47. The summed E-state index contributed by atoms with van der Waals surface area (Å²) in [5, 5.41) is 0. The van der Waals surface area contributed by atoms with E-state index in [0.717, 1.165) is 18.2 Å². The quantitative estimate of drug-likeness (QED) is 0.816. The normalized spacial score (nSPS) is 26.2. The summed E-state index contributed by atoms with van der Waals surface area (Å²) in [6.45, 7) is 1.13. The maximum absolute atomic E-state index is 13.3. The molecule has 2 N–H and O–H groups in total. The van der Waals surface area contributed by atoms with Crippen molar-refractivity contribution in [2.45, 2.75) is 30.9 Å². The summed E-state index contributed by atoms with van der Waals surface area (Å²) < 4.78 is 64.1. The highest BCUT2D eigenvalue weighted by molar-refractivity contribution is 5.45. The molecule has 1 nitrogen and oxygen atoms in total. The monoisotopic (exact) mass is 265 g/mol. The van der Waals surface area contributed by atoms with E-state index in [2.05, 4.69) is 0 Å². The molecule has 0 saturated heterocycles. The van der Waals surface area contributed by atoms with Gasteiger partial charge in [0.15, 0.2) is 0 Å². The number of nitrogens with two attached hydrogens (primary N) is 1. The Morgan fingerprint density at radius 2 is 1.83 bits per heavy atom. The lowest BCUT2D eigenvalue weighted by Crippen LogP contribution is -2.27. The molecule has 0 radical (unpaired) electrons. The van der Waals surface area contributed by atoms with E-state index in [0.29, 0.717) is 0 Å². The smallest absolute Gasteiger partial charge is 0.329 e. The van der Waals surface area contributed by atoms with Crippen LogP contribution in [0.2, 0.25) is 0 Å². The molecular formula is C12H12F5N. The van der Waals surface area contributed by atoms with Crippen LogP contribution in [0, 0.1) is 6.92 Å². The molecule has 0 aromatic heterocycles. The van der Waals surface area contributed by atoms with Gasteiger partial charge in [0.2, 0.25) is 0 Å². The molecule has 1 saturated carbocycles. The van der Waals surface area contributed by atoms with Crippen LogP contribution in [-0.2, 0) is 11.6 Å². The molecule has 1 unspecified atom stereocenters. The number of aryl methyl sites for hydroxylation is 1. The Labute approximate surface area is 101 Å². The Kier molecular flexibility index (Phi) is 2.70. The van der Waals surface area contributed by atoms with Gasteiger partial charge in [0, 0.05) is 13.0 Å². The summed E-state index contributed by atoms with van der Waals surface area (Å²) in [6, 6.07) is 2.83. The number of halogens is 5. The fourth-order valence-electron chi connectivity index (χ4n) is 2.34. The van der Waals surface area contributed by atoms with Gasteiger partial charge >= 0.3 is 6.18 Å². The van der Waals surface area contributed by atoms with Crippen LogP contribution in [0.15, 0.2) is 18.2 Å². The Hall–Kier alpha value is -1.17. The summed E-state index contributed by atoms with van der Waals surface area (Å²) in [5.41, 5.74) is 3.46. The number of benzene rings is 1. The predicted octanol–water partition coefficient (Wildman–Crippen LogP) is 3.25. The lowest BCUT2D eigenvalue weighted by atomic mass is 9.90.